The number of hydrogen-bond donors (Lipinski definition) is 1. The Balaban J connectivity index is 2.03. The summed E-state index contributed by atoms with van der Waals surface area (Å²) >= 11 is 0. The first-order valence-electron chi connectivity index (χ1n) is 5.38. The number of unbranched alkanes of at least 4 members (excludes halogenated alkanes) is 3. The molecule has 0 aliphatic carbocycles. The summed E-state index contributed by atoms with van der Waals surface area (Å²) in [5.41, 5.74) is 5.05. The molecule has 0 aromatic carbocycles. The molecule has 0 atom stereocenters. The van der Waals surface area contributed by atoms with Crippen molar-refractivity contribution in [2.45, 2.75) is 45.6 Å². The van der Waals surface area contributed by atoms with Gasteiger partial charge in [-0.3, -0.25) is 4.79 Å². The summed E-state index contributed by atoms with van der Waals surface area (Å²) in [6.45, 7) is 2.96. The first-order chi connectivity index (χ1) is 7.20. The molecule has 0 unspecified atom stereocenters. The SMILES string of the molecule is Cc1n[c]cn1CCCCCCC(N)=O. The van der Waals surface area contributed by atoms with Crippen molar-refractivity contribution in [3.63, 3.8) is 0 Å². The van der Waals surface area contributed by atoms with Crippen LogP contribution in [0, 0.1) is 13.1 Å². The van der Waals surface area contributed by atoms with Crippen molar-refractivity contribution < 1.29 is 4.79 Å². The van der Waals surface area contributed by atoms with Crippen LogP contribution in [0.5, 0.6) is 0 Å². The Hall–Kier alpha value is -1.32. The Morgan fingerprint density at radius 3 is 2.80 bits per heavy atom. The first-order valence-corrected chi connectivity index (χ1v) is 5.38. The van der Waals surface area contributed by atoms with E-state index in [4.69, 9.17) is 5.73 Å². The largest absolute Gasteiger partial charge is 0.370 e. The summed E-state index contributed by atoms with van der Waals surface area (Å²) in [6, 6.07) is 0. The number of imidazole rings is 1. The molecule has 1 heterocycles. The van der Waals surface area contributed by atoms with Crippen molar-refractivity contribution >= 4 is 5.91 Å². The summed E-state index contributed by atoms with van der Waals surface area (Å²) in [6.07, 6.45) is 9.42. The van der Waals surface area contributed by atoms with Crippen molar-refractivity contribution in [1.29, 1.82) is 0 Å². The standard InChI is InChI=1S/C11H18N3O/c1-10-13-7-9-14(10)8-5-3-2-4-6-11(12)15/h9H,2-6,8H2,1H3,(H2,12,15). The van der Waals surface area contributed by atoms with Crippen molar-refractivity contribution in [3.8, 4) is 0 Å². The third-order valence-corrected chi connectivity index (χ3v) is 2.43. The van der Waals surface area contributed by atoms with Gasteiger partial charge in [-0.25, -0.2) is 4.98 Å². The second kappa shape index (κ2) is 6.22. The Kier molecular flexibility index (Phi) is 4.87. The monoisotopic (exact) mass is 208 g/mol. The Bertz CT molecular complexity index is 307. The fourth-order valence-electron chi connectivity index (χ4n) is 1.51. The van der Waals surface area contributed by atoms with Crippen molar-refractivity contribution in [2.24, 2.45) is 5.73 Å². The lowest BCUT2D eigenvalue weighted by molar-refractivity contribution is -0.118. The van der Waals surface area contributed by atoms with Crippen LogP contribution in [-0.2, 0) is 11.3 Å². The van der Waals surface area contributed by atoms with Crippen LogP contribution in [0.1, 0.15) is 37.9 Å². The molecule has 2 N–H and O–H groups in total. The molecule has 0 spiro atoms. The third-order valence-electron chi connectivity index (χ3n) is 2.43. The molecule has 4 nitrogen and oxygen atoms in total. The number of carbonyl (C=O) groups is 1. The molecule has 1 aromatic heterocycles. The average molecular weight is 208 g/mol. The molecule has 1 aromatic rings. The minimum absolute atomic E-state index is 0.199. The molecular weight excluding hydrogens is 190 g/mol. The van der Waals surface area contributed by atoms with Gasteiger partial charge in [0.05, 0.1) is 0 Å². The smallest absolute Gasteiger partial charge is 0.217 e. The summed E-state index contributed by atoms with van der Waals surface area (Å²) in [4.78, 5) is 14.5. The number of nitrogens with two attached hydrogens (primary N) is 1. The van der Waals surface area contributed by atoms with Crippen molar-refractivity contribution in [3.05, 3.63) is 18.2 Å². The van der Waals surface area contributed by atoms with E-state index in [-0.39, 0.29) is 5.91 Å². The quantitative estimate of drug-likeness (QED) is 0.689. The predicted octanol–water partition coefficient (Wildman–Crippen LogP) is 1.43. The summed E-state index contributed by atoms with van der Waals surface area (Å²) < 4.78 is 2.09. The highest BCUT2D eigenvalue weighted by molar-refractivity contribution is 5.73. The highest BCUT2D eigenvalue weighted by Crippen LogP contribution is 2.05. The van der Waals surface area contributed by atoms with Gasteiger partial charge in [-0.15, -0.1) is 0 Å². The summed E-state index contributed by atoms with van der Waals surface area (Å²) in [5, 5.41) is 0. The Morgan fingerprint density at radius 2 is 2.20 bits per heavy atom. The molecule has 1 radical (unpaired) electrons. The molecule has 4 heteroatoms. The van der Waals surface area contributed by atoms with E-state index in [2.05, 4.69) is 15.7 Å². The van der Waals surface area contributed by atoms with Gasteiger partial charge >= 0.3 is 0 Å². The molecule has 83 valence electrons. The zero-order valence-corrected chi connectivity index (χ0v) is 9.20. The summed E-state index contributed by atoms with van der Waals surface area (Å²) in [7, 11) is 0. The van der Waals surface area contributed by atoms with E-state index in [1.165, 1.54) is 0 Å². The highest BCUT2D eigenvalue weighted by Gasteiger charge is 1.97. The lowest BCUT2D eigenvalue weighted by Gasteiger charge is -2.04. The van der Waals surface area contributed by atoms with Crippen LogP contribution in [0.2, 0.25) is 0 Å². The highest BCUT2D eigenvalue weighted by atomic mass is 16.1. The molecule has 0 aliphatic rings. The van der Waals surface area contributed by atoms with Gasteiger partial charge in [0.1, 0.15) is 12.0 Å². The van der Waals surface area contributed by atoms with Gasteiger partial charge in [0.25, 0.3) is 0 Å². The number of carbonyl (C=O) groups excluding carboxylic acids is 1. The normalized spacial score (nSPS) is 10.5. The molecule has 15 heavy (non-hydrogen) atoms. The Morgan fingerprint density at radius 1 is 1.47 bits per heavy atom. The second-order valence-corrected chi connectivity index (χ2v) is 3.74. The van der Waals surface area contributed by atoms with E-state index in [1.54, 1.807) is 0 Å². The number of nitrogens with zero attached hydrogens (tertiary/aromatic N) is 2. The summed E-state index contributed by atoms with van der Waals surface area (Å²) in [5.74, 6) is 0.808. The average Bonchev–Trinajstić information content (AvgIpc) is 2.57. The zero-order valence-electron chi connectivity index (χ0n) is 9.20. The Labute approximate surface area is 90.5 Å². The molecule has 0 fully saturated rings. The molecule has 1 rings (SSSR count). The van der Waals surface area contributed by atoms with Crippen molar-refractivity contribution in [2.75, 3.05) is 0 Å². The van der Waals surface area contributed by atoms with Crippen LogP contribution in [0.25, 0.3) is 0 Å². The van der Waals surface area contributed by atoms with Crippen molar-refractivity contribution in [1.82, 2.24) is 9.55 Å². The van der Waals surface area contributed by atoms with Gasteiger partial charge in [-0.1, -0.05) is 12.8 Å². The maximum absolute atomic E-state index is 10.5. The fourth-order valence-corrected chi connectivity index (χ4v) is 1.51. The van der Waals surface area contributed by atoms with Crippen LogP contribution < -0.4 is 5.73 Å². The minimum atomic E-state index is -0.199. The van der Waals surface area contributed by atoms with E-state index < -0.39 is 0 Å². The first kappa shape index (κ1) is 11.8. The molecule has 0 saturated carbocycles. The number of aryl methyl sites for hydroxylation is 2. The molecule has 0 saturated heterocycles. The van der Waals surface area contributed by atoms with Crippen LogP contribution >= 0.6 is 0 Å². The van der Waals surface area contributed by atoms with Gasteiger partial charge in [-0.2, -0.15) is 0 Å². The van der Waals surface area contributed by atoms with Gasteiger partial charge in [0, 0.05) is 19.2 Å². The number of aromatic nitrogens is 2. The van der Waals surface area contributed by atoms with Crippen LogP contribution in [0.4, 0.5) is 0 Å². The van der Waals surface area contributed by atoms with Gasteiger partial charge in [0.2, 0.25) is 5.91 Å². The number of rotatable bonds is 7. The third kappa shape index (κ3) is 4.63. The molecule has 0 bridgehead atoms. The van der Waals surface area contributed by atoms with E-state index in [1.807, 2.05) is 13.1 Å². The van der Waals surface area contributed by atoms with E-state index in [9.17, 15) is 4.79 Å². The number of primary amides is 1. The molecule has 0 aliphatic heterocycles. The molecule has 1 amide bonds. The van der Waals surface area contributed by atoms with Crippen LogP contribution in [-0.4, -0.2) is 15.5 Å². The van der Waals surface area contributed by atoms with E-state index in [0.717, 1.165) is 38.1 Å². The maximum Gasteiger partial charge on any atom is 0.217 e. The number of hydrogen-bond acceptors (Lipinski definition) is 2. The topological polar surface area (TPSA) is 60.9 Å². The second-order valence-electron chi connectivity index (χ2n) is 3.74. The van der Waals surface area contributed by atoms with Crippen LogP contribution in [0.3, 0.4) is 0 Å². The van der Waals surface area contributed by atoms with E-state index >= 15 is 0 Å². The molecular formula is C11H18N3O. The lowest BCUT2D eigenvalue weighted by Crippen LogP contribution is -2.09. The zero-order chi connectivity index (χ0) is 11.1. The fraction of sp³-hybridized carbons (Fsp3) is 0.636. The lowest BCUT2D eigenvalue weighted by atomic mass is 10.1. The van der Waals surface area contributed by atoms with Gasteiger partial charge in [0.15, 0.2) is 0 Å². The van der Waals surface area contributed by atoms with Crippen LogP contribution in [0.15, 0.2) is 6.20 Å². The minimum Gasteiger partial charge on any atom is -0.370 e. The van der Waals surface area contributed by atoms with Gasteiger partial charge < -0.3 is 10.3 Å². The van der Waals surface area contributed by atoms with Gasteiger partial charge in [-0.05, 0) is 19.8 Å². The maximum atomic E-state index is 10.5. The predicted molar refractivity (Wildman–Crippen MR) is 58.1 cm³/mol. The van der Waals surface area contributed by atoms with E-state index in [0.29, 0.717) is 6.42 Å². The number of amides is 1.